The third kappa shape index (κ3) is 4.44. The van der Waals surface area contributed by atoms with Gasteiger partial charge in [0.05, 0.1) is 12.8 Å². The maximum absolute atomic E-state index is 4.85. The molecule has 5 nitrogen and oxygen atoms in total. The first-order valence-corrected chi connectivity index (χ1v) is 9.42. The van der Waals surface area contributed by atoms with Crippen LogP contribution in [0, 0.1) is 0 Å². The lowest BCUT2D eigenvalue weighted by Crippen LogP contribution is -2.41. The Hall–Kier alpha value is -2.92. The summed E-state index contributed by atoms with van der Waals surface area (Å²) in [6.07, 6.45) is 4.05. The Kier molecular flexibility index (Phi) is 5.30. The molecule has 1 fully saturated rings. The van der Waals surface area contributed by atoms with Gasteiger partial charge in [-0.3, -0.25) is 9.69 Å². The van der Waals surface area contributed by atoms with Crippen LogP contribution in [0.4, 0.5) is 0 Å². The lowest BCUT2D eigenvalue weighted by atomic mass is 10.1. The van der Waals surface area contributed by atoms with E-state index in [1.54, 1.807) is 0 Å². The molecule has 1 saturated heterocycles. The zero-order chi connectivity index (χ0) is 18.5. The first-order valence-electron chi connectivity index (χ1n) is 9.42. The first-order chi connectivity index (χ1) is 13.3. The summed E-state index contributed by atoms with van der Waals surface area (Å²) in [7, 11) is 2.15. The summed E-state index contributed by atoms with van der Waals surface area (Å²) in [5.41, 5.74) is 4.38. The molecule has 2 aromatic carbocycles. The average molecular weight is 359 g/mol. The van der Waals surface area contributed by atoms with E-state index in [-0.39, 0.29) is 0 Å². The topological polar surface area (TPSA) is 36.7 Å². The van der Waals surface area contributed by atoms with Crippen LogP contribution in [0.2, 0.25) is 0 Å². The third-order valence-electron chi connectivity index (χ3n) is 4.86. The van der Waals surface area contributed by atoms with Crippen LogP contribution >= 0.6 is 0 Å². The quantitative estimate of drug-likeness (QED) is 0.657. The Balaban J connectivity index is 1.60. The number of aromatic nitrogens is 2. The molecule has 5 heteroatoms. The highest BCUT2D eigenvalue weighted by atomic mass is 15.5. The van der Waals surface area contributed by atoms with Crippen LogP contribution in [0.5, 0.6) is 0 Å². The SMILES string of the molecule is CN1CCN(/N=C\c2cn(Cc3ccccc3)nc2-c2ccccc2)CC1. The van der Waals surface area contributed by atoms with Gasteiger partial charge in [-0.05, 0) is 12.6 Å². The lowest BCUT2D eigenvalue weighted by molar-refractivity contribution is 0.159. The fourth-order valence-corrected chi connectivity index (χ4v) is 3.26. The van der Waals surface area contributed by atoms with E-state index in [9.17, 15) is 0 Å². The second kappa shape index (κ2) is 8.18. The molecule has 27 heavy (non-hydrogen) atoms. The Morgan fingerprint density at radius 3 is 2.30 bits per heavy atom. The Bertz CT molecular complexity index is 878. The van der Waals surface area contributed by atoms with E-state index >= 15 is 0 Å². The van der Waals surface area contributed by atoms with Crippen molar-refractivity contribution in [1.29, 1.82) is 0 Å². The van der Waals surface area contributed by atoms with E-state index in [0.29, 0.717) is 0 Å². The van der Waals surface area contributed by atoms with Gasteiger partial charge in [-0.2, -0.15) is 10.2 Å². The molecule has 4 rings (SSSR count). The summed E-state index contributed by atoms with van der Waals surface area (Å²) in [5, 5.41) is 11.7. The van der Waals surface area contributed by atoms with E-state index in [1.807, 2.05) is 35.2 Å². The van der Waals surface area contributed by atoms with Gasteiger partial charge in [0, 0.05) is 43.5 Å². The molecule has 0 saturated carbocycles. The van der Waals surface area contributed by atoms with Gasteiger partial charge in [0.1, 0.15) is 5.69 Å². The summed E-state index contributed by atoms with van der Waals surface area (Å²) in [6.45, 7) is 4.78. The normalized spacial score (nSPS) is 15.5. The highest BCUT2D eigenvalue weighted by Gasteiger charge is 2.13. The maximum Gasteiger partial charge on any atom is 0.101 e. The van der Waals surface area contributed by atoms with Gasteiger partial charge in [0.15, 0.2) is 0 Å². The maximum atomic E-state index is 4.85. The van der Waals surface area contributed by atoms with Crippen molar-refractivity contribution >= 4 is 6.21 Å². The Morgan fingerprint density at radius 1 is 0.926 bits per heavy atom. The number of benzene rings is 2. The standard InChI is InChI=1S/C22H25N5/c1-25-12-14-26(15-13-25)23-16-21-18-27(17-19-8-4-2-5-9-19)24-22(21)20-10-6-3-7-11-20/h2-11,16,18H,12-15,17H2,1H3/b23-16-. The second-order valence-corrected chi connectivity index (χ2v) is 6.98. The molecule has 1 aliphatic heterocycles. The van der Waals surface area contributed by atoms with Crippen LogP contribution in [0.25, 0.3) is 11.3 Å². The summed E-state index contributed by atoms with van der Waals surface area (Å²) in [6, 6.07) is 20.7. The molecule has 0 spiro atoms. The predicted molar refractivity (Wildman–Crippen MR) is 110 cm³/mol. The summed E-state index contributed by atoms with van der Waals surface area (Å²) < 4.78 is 2.00. The van der Waals surface area contributed by atoms with Crippen LogP contribution in [-0.4, -0.2) is 59.1 Å². The number of rotatable bonds is 5. The highest BCUT2D eigenvalue weighted by Crippen LogP contribution is 2.21. The zero-order valence-corrected chi connectivity index (χ0v) is 15.7. The van der Waals surface area contributed by atoms with Crippen molar-refractivity contribution in [3.05, 3.63) is 78.0 Å². The summed E-state index contributed by atoms with van der Waals surface area (Å²) in [4.78, 5) is 2.33. The Morgan fingerprint density at radius 2 is 1.59 bits per heavy atom. The fraction of sp³-hybridized carbons (Fsp3) is 0.273. The summed E-state index contributed by atoms with van der Waals surface area (Å²) >= 11 is 0. The number of hydrogen-bond acceptors (Lipinski definition) is 4. The highest BCUT2D eigenvalue weighted by molar-refractivity contribution is 5.88. The lowest BCUT2D eigenvalue weighted by Gasteiger charge is -2.30. The van der Waals surface area contributed by atoms with Crippen LogP contribution in [0.15, 0.2) is 72.0 Å². The van der Waals surface area contributed by atoms with E-state index < -0.39 is 0 Å². The van der Waals surface area contributed by atoms with Crippen LogP contribution in [0.3, 0.4) is 0 Å². The molecule has 0 unspecified atom stereocenters. The smallest absolute Gasteiger partial charge is 0.101 e. The minimum absolute atomic E-state index is 0.753. The number of piperazine rings is 1. The van der Waals surface area contributed by atoms with Gasteiger partial charge >= 0.3 is 0 Å². The molecule has 0 N–H and O–H groups in total. The molecule has 3 aromatic rings. The molecule has 2 heterocycles. The summed E-state index contributed by atoms with van der Waals surface area (Å²) in [5.74, 6) is 0. The molecule has 0 bridgehead atoms. The number of nitrogens with zero attached hydrogens (tertiary/aromatic N) is 5. The Labute approximate surface area is 160 Å². The van der Waals surface area contributed by atoms with Crippen molar-refractivity contribution in [3.8, 4) is 11.3 Å². The molecule has 0 aliphatic carbocycles. The molecule has 0 amide bonds. The first kappa shape index (κ1) is 17.5. The van der Waals surface area contributed by atoms with Crippen molar-refractivity contribution in [2.45, 2.75) is 6.54 Å². The number of likely N-dealkylation sites (N-methyl/N-ethyl adjacent to an activating group) is 1. The van der Waals surface area contributed by atoms with Gasteiger partial charge in [-0.15, -0.1) is 0 Å². The van der Waals surface area contributed by atoms with Crippen molar-refractivity contribution in [3.63, 3.8) is 0 Å². The molecule has 1 aromatic heterocycles. The average Bonchev–Trinajstić information content (AvgIpc) is 3.12. The van der Waals surface area contributed by atoms with Crippen molar-refractivity contribution < 1.29 is 0 Å². The van der Waals surface area contributed by atoms with Gasteiger partial charge in [-0.1, -0.05) is 60.7 Å². The molecular weight excluding hydrogens is 334 g/mol. The van der Waals surface area contributed by atoms with Crippen LogP contribution in [-0.2, 0) is 6.54 Å². The molecular formula is C22H25N5. The van der Waals surface area contributed by atoms with Gasteiger partial charge in [-0.25, -0.2) is 0 Å². The zero-order valence-electron chi connectivity index (χ0n) is 15.7. The van der Waals surface area contributed by atoms with E-state index in [0.717, 1.165) is 49.5 Å². The molecule has 0 atom stereocenters. The van der Waals surface area contributed by atoms with Gasteiger partial charge < -0.3 is 4.90 Å². The van der Waals surface area contributed by atoms with Crippen molar-refractivity contribution in [2.24, 2.45) is 5.10 Å². The van der Waals surface area contributed by atoms with E-state index in [1.165, 1.54) is 5.56 Å². The van der Waals surface area contributed by atoms with E-state index in [2.05, 4.69) is 59.6 Å². The minimum Gasteiger partial charge on any atom is -0.303 e. The van der Waals surface area contributed by atoms with Gasteiger partial charge in [0.25, 0.3) is 0 Å². The fourth-order valence-electron chi connectivity index (χ4n) is 3.26. The second-order valence-electron chi connectivity index (χ2n) is 6.98. The van der Waals surface area contributed by atoms with Crippen molar-refractivity contribution in [1.82, 2.24) is 19.7 Å². The van der Waals surface area contributed by atoms with E-state index in [4.69, 9.17) is 10.2 Å². The number of hydrogen-bond donors (Lipinski definition) is 0. The third-order valence-corrected chi connectivity index (χ3v) is 4.86. The largest absolute Gasteiger partial charge is 0.303 e. The predicted octanol–water partition coefficient (Wildman–Crippen LogP) is 3.18. The monoisotopic (exact) mass is 359 g/mol. The molecule has 0 radical (unpaired) electrons. The van der Waals surface area contributed by atoms with Gasteiger partial charge in [0.2, 0.25) is 0 Å². The number of hydrazone groups is 1. The molecule has 1 aliphatic rings. The van der Waals surface area contributed by atoms with Crippen LogP contribution < -0.4 is 0 Å². The van der Waals surface area contributed by atoms with Crippen molar-refractivity contribution in [2.75, 3.05) is 33.2 Å². The van der Waals surface area contributed by atoms with Crippen LogP contribution in [0.1, 0.15) is 11.1 Å². The minimum atomic E-state index is 0.753. The molecule has 138 valence electrons.